The fourth-order valence-corrected chi connectivity index (χ4v) is 3.02. The summed E-state index contributed by atoms with van der Waals surface area (Å²) in [6.07, 6.45) is 5.09. The monoisotopic (exact) mass is 324 g/mol. The molecule has 0 radical (unpaired) electrons. The van der Waals surface area contributed by atoms with E-state index >= 15 is 0 Å². The van der Waals surface area contributed by atoms with Crippen molar-refractivity contribution in [1.29, 1.82) is 5.26 Å². The maximum atomic E-state index is 14.6. The predicted molar refractivity (Wildman–Crippen MR) is 87.3 cm³/mol. The van der Waals surface area contributed by atoms with Crippen molar-refractivity contribution in [3.63, 3.8) is 0 Å². The van der Waals surface area contributed by atoms with Gasteiger partial charge < -0.3 is 9.80 Å². The van der Waals surface area contributed by atoms with Crippen molar-refractivity contribution in [2.75, 3.05) is 36.0 Å². The molecule has 1 saturated heterocycles. The van der Waals surface area contributed by atoms with Gasteiger partial charge in [-0.3, -0.25) is 0 Å². The van der Waals surface area contributed by atoms with Crippen molar-refractivity contribution in [3.05, 3.63) is 41.7 Å². The molecule has 1 aliphatic carbocycles. The van der Waals surface area contributed by atoms with Crippen LogP contribution >= 0.6 is 0 Å². The average Bonchev–Trinajstić information content (AvgIpc) is 3.47. The Morgan fingerprint density at radius 1 is 1.04 bits per heavy atom. The number of hydrogen-bond donors (Lipinski definition) is 0. The molecule has 6 nitrogen and oxygen atoms in total. The second-order valence-electron chi connectivity index (χ2n) is 6.16. The zero-order valence-electron chi connectivity index (χ0n) is 13.2. The Labute approximate surface area is 139 Å². The number of nitrogens with zero attached hydrogens (tertiary/aromatic N) is 6. The molecule has 2 aromatic heterocycles. The van der Waals surface area contributed by atoms with Crippen molar-refractivity contribution in [2.45, 2.75) is 18.8 Å². The van der Waals surface area contributed by atoms with Crippen molar-refractivity contribution < 1.29 is 4.39 Å². The summed E-state index contributed by atoms with van der Waals surface area (Å²) in [6.45, 7) is 2.83. The minimum absolute atomic E-state index is 0.259. The third-order valence-corrected chi connectivity index (χ3v) is 4.54. The third-order valence-electron chi connectivity index (χ3n) is 4.54. The van der Waals surface area contributed by atoms with E-state index in [0.29, 0.717) is 30.2 Å². The second-order valence-corrected chi connectivity index (χ2v) is 6.16. The SMILES string of the molecule is N#Cc1ccc(N2CCN(c3ncnc(C4CC4)c3F)CC2)nc1. The minimum Gasteiger partial charge on any atom is -0.353 e. The van der Waals surface area contributed by atoms with E-state index in [9.17, 15) is 4.39 Å². The summed E-state index contributed by atoms with van der Waals surface area (Å²) in [5.74, 6) is 1.27. The minimum atomic E-state index is -0.259. The number of aromatic nitrogens is 3. The van der Waals surface area contributed by atoms with Gasteiger partial charge in [-0.25, -0.2) is 19.3 Å². The van der Waals surface area contributed by atoms with Gasteiger partial charge in [0.05, 0.1) is 11.3 Å². The number of nitriles is 1. The molecule has 0 N–H and O–H groups in total. The van der Waals surface area contributed by atoms with E-state index in [4.69, 9.17) is 5.26 Å². The third kappa shape index (κ3) is 2.75. The van der Waals surface area contributed by atoms with Gasteiger partial charge >= 0.3 is 0 Å². The van der Waals surface area contributed by atoms with E-state index in [1.165, 1.54) is 6.33 Å². The molecular weight excluding hydrogens is 307 g/mol. The number of halogens is 1. The van der Waals surface area contributed by atoms with Crippen LogP contribution in [0.5, 0.6) is 0 Å². The van der Waals surface area contributed by atoms with Crippen LogP contribution in [0.25, 0.3) is 0 Å². The lowest BCUT2D eigenvalue weighted by molar-refractivity contribution is 0.566. The molecule has 3 heterocycles. The van der Waals surface area contributed by atoms with Gasteiger partial charge in [0.25, 0.3) is 0 Å². The highest BCUT2D eigenvalue weighted by atomic mass is 19.1. The largest absolute Gasteiger partial charge is 0.353 e. The van der Waals surface area contributed by atoms with Crippen molar-refractivity contribution >= 4 is 11.6 Å². The van der Waals surface area contributed by atoms with Gasteiger partial charge in [0.2, 0.25) is 0 Å². The van der Waals surface area contributed by atoms with Crippen LogP contribution in [0.15, 0.2) is 24.7 Å². The van der Waals surface area contributed by atoms with Crippen LogP contribution in [0, 0.1) is 17.1 Å². The topological polar surface area (TPSA) is 68.9 Å². The first-order chi connectivity index (χ1) is 11.8. The van der Waals surface area contributed by atoms with Gasteiger partial charge in [-0.05, 0) is 25.0 Å². The predicted octanol–water partition coefficient (Wildman–Crippen LogP) is 2.09. The molecule has 0 unspecified atom stereocenters. The van der Waals surface area contributed by atoms with Gasteiger partial charge in [-0.2, -0.15) is 5.26 Å². The molecule has 7 heteroatoms. The summed E-state index contributed by atoms with van der Waals surface area (Å²) in [4.78, 5) is 16.7. The van der Waals surface area contributed by atoms with Crippen LogP contribution in [0.2, 0.25) is 0 Å². The average molecular weight is 324 g/mol. The van der Waals surface area contributed by atoms with Gasteiger partial charge in [0.1, 0.15) is 18.2 Å². The van der Waals surface area contributed by atoms with E-state index in [1.54, 1.807) is 12.3 Å². The first kappa shape index (κ1) is 14.8. The zero-order valence-corrected chi connectivity index (χ0v) is 13.2. The van der Waals surface area contributed by atoms with Crippen LogP contribution in [0.3, 0.4) is 0 Å². The molecule has 2 fully saturated rings. The van der Waals surface area contributed by atoms with Crippen LogP contribution in [-0.2, 0) is 0 Å². The summed E-state index contributed by atoms with van der Waals surface area (Å²) < 4.78 is 14.6. The maximum absolute atomic E-state index is 14.6. The lowest BCUT2D eigenvalue weighted by atomic mass is 10.2. The van der Waals surface area contributed by atoms with Gasteiger partial charge in [0, 0.05) is 38.3 Å². The molecule has 0 bridgehead atoms. The number of rotatable bonds is 3. The van der Waals surface area contributed by atoms with Crippen LogP contribution in [0.4, 0.5) is 16.0 Å². The molecule has 1 saturated carbocycles. The van der Waals surface area contributed by atoms with Gasteiger partial charge in [-0.15, -0.1) is 0 Å². The molecule has 2 aliphatic rings. The fourth-order valence-electron chi connectivity index (χ4n) is 3.02. The molecule has 0 amide bonds. The van der Waals surface area contributed by atoms with Crippen LogP contribution < -0.4 is 9.80 Å². The Morgan fingerprint density at radius 3 is 2.42 bits per heavy atom. The first-order valence-corrected chi connectivity index (χ1v) is 8.12. The summed E-state index contributed by atoms with van der Waals surface area (Å²) in [5.41, 5.74) is 1.12. The zero-order chi connectivity index (χ0) is 16.5. The Morgan fingerprint density at radius 2 is 1.79 bits per heavy atom. The van der Waals surface area contributed by atoms with Crippen LogP contribution in [-0.4, -0.2) is 41.1 Å². The van der Waals surface area contributed by atoms with E-state index in [-0.39, 0.29) is 11.7 Å². The molecular formula is C17H17FN6. The highest BCUT2D eigenvalue weighted by Crippen LogP contribution is 2.41. The molecule has 4 rings (SSSR count). The lowest BCUT2D eigenvalue weighted by Crippen LogP contribution is -2.47. The summed E-state index contributed by atoms with van der Waals surface area (Å²) in [6, 6.07) is 5.68. The molecule has 1 aliphatic heterocycles. The fraction of sp³-hybridized carbons (Fsp3) is 0.412. The first-order valence-electron chi connectivity index (χ1n) is 8.12. The van der Waals surface area contributed by atoms with E-state index in [0.717, 1.165) is 31.7 Å². The Bertz CT molecular complexity index is 773. The van der Waals surface area contributed by atoms with E-state index in [1.807, 2.05) is 11.0 Å². The number of anilines is 2. The second kappa shape index (κ2) is 6.04. The number of hydrogen-bond acceptors (Lipinski definition) is 6. The molecule has 122 valence electrons. The van der Waals surface area contributed by atoms with Crippen molar-refractivity contribution in [2.24, 2.45) is 0 Å². The standard InChI is InChI=1S/C17H17FN6/c18-15-16(13-2-3-13)21-11-22-17(15)24-7-5-23(6-8-24)14-4-1-12(9-19)10-20-14/h1,4,10-11,13H,2-3,5-8H2. The molecule has 24 heavy (non-hydrogen) atoms. The smallest absolute Gasteiger partial charge is 0.187 e. The highest BCUT2D eigenvalue weighted by Gasteiger charge is 2.31. The number of pyridine rings is 1. The molecule has 0 aromatic carbocycles. The van der Waals surface area contributed by atoms with Gasteiger partial charge in [0.15, 0.2) is 11.6 Å². The molecule has 2 aromatic rings. The van der Waals surface area contributed by atoms with E-state index in [2.05, 4.69) is 25.9 Å². The highest BCUT2D eigenvalue weighted by molar-refractivity contribution is 5.47. The Hall–Kier alpha value is -2.75. The quantitative estimate of drug-likeness (QED) is 0.861. The maximum Gasteiger partial charge on any atom is 0.187 e. The Balaban J connectivity index is 1.46. The van der Waals surface area contributed by atoms with E-state index < -0.39 is 0 Å². The number of piperazine rings is 1. The summed E-state index contributed by atoms with van der Waals surface area (Å²) >= 11 is 0. The van der Waals surface area contributed by atoms with Gasteiger partial charge in [-0.1, -0.05) is 0 Å². The molecule has 0 spiro atoms. The Kier molecular flexibility index (Phi) is 3.73. The lowest BCUT2D eigenvalue weighted by Gasteiger charge is -2.36. The normalized spacial score (nSPS) is 17.7. The summed E-state index contributed by atoms with van der Waals surface area (Å²) in [5, 5.41) is 8.83. The van der Waals surface area contributed by atoms with Crippen molar-refractivity contribution in [3.8, 4) is 6.07 Å². The van der Waals surface area contributed by atoms with Crippen LogP contribution in [0.1, 0.15) is 30.0 Å². The van der Waals surface area contributed by atoms with Crippen molar-refractivity contribution in [1.82, 2.24) is 15.0 Å². The summed E-state index contributed by atoms with van der Waals surface area (Å²) in [7, 11) is 0. The molecule has 0 atom stereocenters.